The van der Waals surface area contributed by atoms with Gasteiger partial charge in [0.15, 0.2) is 11.6 Å². The summed E-state index contributed by atoms with van der Waals surface area (Å²) in [4.78, 5) is 15.2. The SMILES string of the molecule is CC.CC.Cc1cc(C)cc(N2c3ncc(-c4c(C)cccc4C)nc3N3c4ccccc4C(C)(C)C23)c1. The predicted molar refractivity (Wildman–Crippen MR) is 163 cm³/mol. The highest BCUT2D eigenvalue weighted by Crippen LogP contribution is 2.58. The topological polar surface area (TPSA) is 32.3 Å². The fourth-order valence-corrected chi connectivity index (χ4v) is 6.00. The Morgan fingerprint density at radius 1 is 0.711 bits per heavy atom. The molecule has 38 heavy (non-hydrogen) atoms. The molecule has 0 saturated carbocycles. The number of nitrogens with zero attached hydrogens (tertiary/aromatic N) is 4. The third-order valence-electron chi connectivity index (χ3n) is 7.41. The molecule has 4 heteroatoms. The summed E-state index contributed by atoms with van der Waals surface area (Å²) in [7, 11) is 0. The van der Waals surface area contributed by atoms with E-state index in [4.69, 9.17) is 9.97 Å². The van der Waals surface area contributed by atoms with Crippen LogP contribution in [0.5, 0.6) is 0 Å². The van der Waals surface area contributed by atoms with E-state index in [1.807, 2.05) is 33.9 Å². The van der Waals surface area contributed by atoms with Crippen LogP contribution < -0.4 is 9.80 Å². The molecule has 4 nitrogen and oxygen atoms in total. The average Bonchev–Trinajstić information content (AvgIpc) is 3.36. The molecule has 198 valence electrons. The quantitative estimate of drug-likeness (QED) is 0.271. The summed E-state index contributed by atoms with van der Waals surface area (Å²) in [6.07, 6.45) is 2.01. The molecule has 1 atom stereocenters. The maximum atomic E-state index is 5.29. The summed E-state index contributed by atoms with van der Waals surface area (Å²) in [5, 5.41) is 0. The van der Waals surface area contributed by atoms with Crippen molar-refractivity contribution in [2.75, 3.05) is 9.80 Å². The number of aryl methyl sites for hydroxylation is 4. The van der Waals surface area contributed by atoms with Crippen molar-refractivity contribution in [3.8, 4) is 11.3 Å². The highest BCUT2D eigenvalue weighted by molar-refractivity contribution is 5.90. The van der Waals surface area contributed by atoms with Gasteiger partial charge in [0, 0.05) is 22.4 Å². The summed E-state index contributed by atoms with van der Waals surface area (Å²) in [6, 6.07) is 21.9. The molecule has 4 aromatic rings. The van der Waals surface area contributed by atoms with Crippen LogP contribution in [-0.4, -0.2) is 16.1 Å². The number of anilines is 4. The standard InChI is InChI=1S/C30H30N4.2C2H6/c1-18-14-19(2)16-22(15-18)33-27-28(32-24(17-31-27)26-20(3)10-9-11-21(26)4)34-25-13-8-7-12-23(25)30(5,6)29(33)34;2*1-2/h7-17,29H,1-6H3;2*1-2H3. The van der Waals surface area contributed by atoms with Gasteiger partial charge in [-0.1, -0.05) is 84.0 Å². The largest absolute Gasteiger partial charge is 0.301 e. The number of para-hydroxylation sites is 1. The summed E-state index contributed by atoms with van der Waals surface area (Å²) >= 11 is 0. The Morgan fingerprint density at radius 3 is 1.95 bits per heavy atom. The molecule has 0 fully saturated rings. The van der Waals surface area contributed by atoms with E-state index in [1.165, 1.54) is 44.8 Å². The van der Waals surface area contributed by atoms with Crippen molar-refractivity contribution in [3.63, 3.8) is 0 Å². The molecular weight excluding hydrogens is 464 g/mol. The van der Waals surface area contributed by atoms with Crippen molar-refractivity contribution < 1.29 is 0 Å². The minimum atomic E-state index is -0.116. The van der Waals surface area contributed by atoms with Gasteiger partial charge in [-0.15, -0.1) is 0 Å². The van der Waals surface area contributed by atoms with Crippen molar-refractivity contribution in [1.82, 2.24) is 9.97 Å². The molecule has 0 bridgehead atoms. The van der Waals surface area contributed by atoms with Crippen LogP contribution in [0.2, 0.25) is 0 Å². The summed E-state index contributed by atoms with van der Waals surface area (Å²) in [6.45, 7) is 21.3. The molecule has 1 unspecified atom stereocenters. The van der Waals surface area contributed by atoms with Crippen molar-refractivity contribution in [1.29, 1.82) is 0 Å². The summed E-state index contributed by atoms with van der Waals surface area (Å²) in [5.41, 5.74) is 10.7. The molecule has 1 aromatic heterocycles. The maximum Gasteiger partial charge on any atom is 0.179 e. The number of fused-ring (bicyclic) bond motifs is 5. The molecule has 0 saturated heterocycles. The zero-order chi connectivity index (χ0) is 27.8. The number of benzene rings is 3. The molecule has 0 amide bonds. The third-order valence-corrected chi connectivity index (χ3v) is 7.41. The Balaban J connectivity index is 0.000000804. The van der Waals surface area contributed by atoms with Crippen LogP contribution in [0.15, 0.2) is 66.9 Å². The van der Waals surface area contributed by atoms with E-state index in [-0.39, 0.29) is 11.6 Å². The minimum absolute atomic E-state index is 0.0642. The molecule has 2 aliphatic rings. The van der Waals surface area contributed by atoms with Gasteiger partial charge in [-0.2, -0.15) is 0 Å². The van der Waals surface area contributed by atoms with Crippen LogP contribution in [0.25, 0.3) is 11.3 Å². The van der Waals surface area contributed by atoms with E-state index in [9.17, 15) is 0 Å². The molecular formula is C34H42N4. The van der Waals surface area contributed by atoms with Gasteiger partial charge in [-0.05, 0) is 73.7 Å². The fourth-order valence-electron chi connectivity index (χ4n) is 6.00. The van der Waals surface area contributed by atoms with E-state index < -0.39 is 0 Å². The van der Waals surface area contributed by atoms with Gasteiger partial charge in [0.05, 0.1) is 11.9 Å². The normalized spacial score (nSPS) is 16.0. The van der Waals surface area contributed by atoms with Crippen LogP contribution in [0.1, 0.15) is 69.4 Å². The second-order valence-corrected chi connectivity index (χ2v) is 10.4. The molecule has 0 N–H and O–H groups in total. The molecule has 0 radical (unpaired) electrons. The monoisotopic (exact) mass is 506 g/mol. The minimum Gasteiger partial charge on any atom is -0.301 e. The lowest BCUT2D eigenvalue weighted by molar-refractivity contribution is 0.449. The van der Waals surface area contributed by atoms with Gasteiger partial charge in [-0.25, -0.2) is 9.97 Å². The van der Waals surface area contributed by atoms with Crippen LogP contribution in [0.3, 0.4) is 0 Å². The van der Waals surface area contributed by atoms with E-state index in [1.54, 1.807) is 0 Å². The van der Waals surface area contributed by atoms with E-state index in [0.717, 1.165) is 17.3 Å². The van der Waals surface area contributed by atoms with Gasteiger partial charge in [-0.3, -0.25) is 0 Å². The Hall–Kier alpha value is -3.66. The van der Waals surface area contributed by atoms with Gasteiger partial charge in [0.25, 0.3) is 0 Å². The van der Waals surface area contributed by atoms with Crippen molar-refractivity contribution in [2.45, 2.75) is 80.8 Å². The lowest BCUT2D eigenvalue weighted by Crippen LogP contribution is -2.46. The van der Waals surface area contributed by atoms with Crippen LogP contribution in [0, 0.1) is 27.7 Å². The maximum absolute atomic E-state index is 5.29. The number of hydrogen-bond donors (Lipinski definition) is 0. The predicted octanol–water partition coefficient (Wildman–Crippen LogP) is 9.34. The summed E-state index contributed by atoms with van der Waals surface area (Å²) in [5.74, 6) is 1.86. The number of hydrogen-bond acceptors (Lipinski definition) is 4. The van der Waals surface area contributed by atoms with Crippen molar-refractivity contribution >= 4 is 23.0 Å². The van der Waals surface area contributed by atoms with Crippen LogP contribution in [0.4, 0.5) is 23.0 Å². The van der Waals surface area contributed by atoms with Gasteiger partial charge in [0.2, 0.25) is 0 Å². The second-order valence-electron chi connectivity index (χ2n) is 10.4. The average molecular weight is 507 g/mol. The molecule has 3 aromatic carbocycles. The number of rotatable bonds is 2. The molecule has 2 aliphatic heterocycles. The molecule has 3 heterocycles. The van der Waals surface area contributed by atoms with Crippen LogP contribution >= 0.6 is 0 Å². The third kappa shape index (κ3) is 4.26. The smallest absolute Gasteiger partial charge is 0.179 e. The zero-order valence-corrected chi connectivity index (χ0v) is 24.7. The Morgan fingerprint density at radius 2 is 1.32 bits per heavy atom. The highest BCUT2D eigenvalue weighted by atomic mass is 15.5. The van der Waals surface area contributed by atoms with Crippen molar-refractivity contribution in [2.24, 2.45) is 0 Å². The highest BCUT2D eigenvalue weighted by Gasteiger charge is 2.54. The summed E-state index contributed by atoms with van der Waals surface area (Å²) < 4.78 is 0. The molecule has 0 spiro atoms. The van der Waals surface area contributed by atoms with Gasteiger partial charge >= 0.3 is 0 Å². The Kier molecular flexibility index (Phi) is 7.64. The fraction of sp³-hybridized carbons (Fsp3) is 0.353. The van der Waals surface area contributed by atoms with E-state index in [2.05, 4.69) is 112 Å². The van der Waals surface area contributed by atoms with E-state index in [0.29, 0.717) is 0 Å². The van der Waals surface area contributed by atoms with Crippen LogP contribution in [-0.2, 0) is 5.41 Å². The van der Waals surface area contributed by atoms with Crippen molar-refractivity contribution in [3.05, 3.63) is 94.7 Å². The first-order valence-corrected chi connectivity index (χ1v) is 14.0. The Bertz CT molecular complexity index is 1410. The van der Waals surface area contributed by atoms with Gasteiger partial charge < -0.3 is 9.80 Å². The van der Waals surface area contributed by atoms with E-state index >= 15 is 0 Å². The first-order valence-electron chi connectivity index (χ1n) is 14.0. The lowest BCUT2D eigenvalue weighted by atomic mass is 9.83. The molecule has 0 aliphatic carbocycles. The first kappa shape index (κ1) is 27.4. The zero-order valence-electron chi connectivity index (χ0n) is 24.7. The first-order chi connectivity index (χ1) is 18.3. The molecule has 6 rings (SSSR count). The Labute approximate surface area is 229 Å². The van der Waals surface area contributed by atoms with Gasteiger partial charge in [0.1, 0.15) is 6.17 Å². The number of aromatic nitrogens is 2. The lowest BCUT2D eigenvalue weighted by Gasteiger charge is -2.36. The second kappa shape index (κ2) is 10.6.